The number of rotatable bonds is 7. The Morgan fingerprint density at radius 3 is 2.28 bits per heavy atom. The zero-order valence-electron chi connectivity index (χ0n) is 19.3. The average molecular weight is 433 g/mol. The summed E-state index contributed by atoms with van der Waals surface area (Å²) in [4.78, 5) is 30.5. The van der Waals surface area contributed by atoms with E-state index in [0.29, 0.717) is 30.4 Å². The van der Waals surface area contributed by atoms with Gasteiger partial charge in [0.25, 0.3) is 0 Å². The van der Waals surface area contributed by atoms with Gasteiger partial charge in [0.1, 0.15) is 5.82 Å². The summed E-state index contributed by atoms with van der Waals surface area (Å²) in [5.74, 6) is -0.520. The zero-order chi connectivity index (χ0) is 23.4. The van der Waals surface area contributed by atoms with Gasteiger partial charge in [0.15, 0.2) is 5.78 Å². The summed E-state index contributed by atoms with van der Waals surface area (Å²) in [6, 6.07) is 14.4. The molecule has 1 aromatic heterocycles. The molecular weight excluding hydrogens is 403 g/mol. The first-order valence-corrected chi connectivity index (χ1v) is 10.8. The van der Waals surface area contributed by atoms with E-state index in [4.69, 9.17) is 0 Å². The van der Waals surface area contributed by atoms with Crippen molar-refractivity contribution in [2.75, 3.05) is 11.9 Å². The Morgan fingerprint density at radius 1 is 0.969 bits per heavy atom. The maximum Gasteiger partial charge on any atom is 0.226 e. The second kappa shape index (κ2) is 9.86. The van der Waals surface area contributed by atoms with Gasteiger partial charge in [0.2, 0.25) is 5.91 Å². The number of aryl methyl sites for hydroxylation is 4. The number of hydrogen-bond acceptors (Lipinski definition) is 3. The Labute approximate surface area is 189 Å². The highest BCUT2D eigenvalue weighted by atomic mass is 19.1. The van der Waals surface area contributed by atoms with E-state index in [0.717, 1.165) is 28.1 Å². The van der Waals surface area contributed by atoms with E-state index < -0.39 is 5.82 Å². The third-order valence-electron chi connectivity index (χ3n) is 5.80. The van der Waals surface area contributed by atoms with Gasteiger partial charge in [-0.3, -0.25) is 14.6 Å². The molecule has 0 spiro atoms. The van der Waals surface area contributed by atoms with Gasteiger partial charge in [0.05, 0.1) is 5.69 Å². The zero-order valence-corrected chi connectivity index (χ0v) is 19.3. The number of Topliss-reactive ketones (excluding diaryl/α,β-unsaturated/α-hetero) is 1. The third kappa shape index (κ3) is 5.10. The monoisotopic (exact) mass is 432 g/mol. The van der Waals surface area contributed by atoms with Crippen LogP contribution in [0.25, 0.3) is 11.1 Å². The van der Waals surface area contributed by atoms with Crippen molar-refractivity contribution in [1.29, 1.82) is 0 Å². The van der Waals surface area contributed by atoms with Gasteiger partial charge >= 0.3 is 0 Å². The van der Waals surface area contributed by atoms with Gasteiger partial charge in [-0.1, -0.05) is 37.3 Å². The van der Waals surface area contributed by atoms with Crippen molar-refractivity contribution in [3.05, 3.63) is 82.4 Å². The molecule has 1 heterocycles. The lowest BCUT2D eigenvalue weighted by molar-refractivity contribution is -0.118. The highest BCUT2D eigenvalue weighted by Crippen LogP contribution is 2.28. The second-order valence-electron chi connectivity index (χ2n) is 8.12. The summed E-state index contributed by atoms with van der Waals surface area (Å²) in [6.07, 6.45) is 1.37. The van der Waals surface area contributed by atoms with Gasteiger partial charge in [-0.15, -0.1) is 0 Å². The fourth-order valence-corrected chi connectivity index (χ4v) is 3.85. The molecule has 3 rings (SSSR count). The van der Waals surface area contributed by atoms with E-state index in [1.807, 2.05) is 51.1 Å². The average Bonchev–Trinajstić information content (AvgIpc) is 2.77. The molecule has 0 N–H and O–H groups in total. The molecule has 0 aliphatic heterocycles. The minimum atomic E-state index is -0.452. The molecule has 0 aliphatic carbocycles. The lowest BCUT2D eigenvalue weighted by Crippen LogP contribution is -2.25. The van der Waals surface area contributed by atoms with Crippen molar-refractivity contribution in [2.45, 2.75) is 47.0 Å². The highest BCUT2D eigenvalue weighted by molar-refractivity contribution is 5.98. The van der Waals surface area contributed by atoms with Crippen LogP contribution in [-0.2, 0) is 11.2 Å². The van der Waals surface area contributed by atoms with Gasteiger partial charge in [0, 0.05) is 36.8 Å². The predicted molar refractivity (Wildman–Crippen MR) is 127 cm³/mol. The fraction of sp³-hybridized carbons (Fsp3) is 0.296. The number of carbonyl (C=O) groups is 2. The summed E-state index contributed by atoms with van der Waals surface area (Å²) in [6.45, 7) is 7.56. The van der Waals surface area contributed by atoms with E-state index in [-0.39, 0.29) is 17.4 Å². The molecule has 5 heteroatoms. The fourth-order valence-electron chi connectivity index (χ4n) is 3.85. The van der Waals surface area contributed by atoms with Crippen LogP contribution in [0.2, 0.25) is 0 Å². The molecule has 2 aromatic carbocycles. The largest absolute Gasteiger partial charge is 0.313 e. The molecule has 0 fully saturated rings. The molecule has 4 nitrogen and oxygen atoms in total. The number of halogens is 1. The third-order valence-corrected chi connectivity index (χ3v) is 5.80. The molecule has 0 unspecified atom stereocenters. The second-order valence-corrected chi connectivity index (χ2v) is 8.12. The Kier molecular flexibility index (Phi) is 7.18. The van der Waals surface area contributed by atoms with Crippen molar-refractivity contribution >= 4 is 17.4 Å². The number of hydrogen-bond donors (Lipinski definition) is 0. The summed E-state index contributed by atoms with van der Waals surface area (Å²) in [7, 11) is 1.57. The number of anilines is 1. The van der Waals surface area contributed by atoms with Crippen LogP contribution in [0, 0.1) is 26.6 Å². The van der Waals surface area contributed by atoms with E-state index in [1.165, 1.54) is 11.0 Å². The Balaban J connectivity index is 1.76. The van der Waals surface area contributed by atoms with Crippen molar-refractivity contribution < 1.29 is 14.0 Å². The van der Waals surface area contributed by atoms with Gasteiger partial charge in [-0.25, -0.2) is 4.39 Å². The molecule has 0 bridgehead atoms. The molecule has 1 amide bonds. The number of amides is 1. The summed E-state index contributed by atoms with van der Waals surface area (Å²) < 4.78 is 14.7. The molecule has 166 valence electrons. The molecule has 0 saturated carbocycles. The Hall–Kier alpha value is -3.34. The summed E-state index contributed by atoms with van der Waals surface area (Å²) in [5.41, 5.74) is 6.33. The van der Waals surface area contributed by atoms with Crippen molar-refractivity contribution in [3.63, 3.8) is 0 Å². The van der Waals surface area contributed by atoms with Crippen molar-refractivity contribution in [3.8, 4) is 11.1 Å². The molecule has 3 aromatic rings. The lowest BCUT2D eigenvalue weighted by Gasteiger charge is -2.18. The summed E-state index contributed by atoms with van der Waals surface area (Å²) in [5, 5.41) is 0. The van der Waals surface area contributed by atoms with Crippen LogP contribution in [0.5, 0.6) is 0 Å². The number of carbonyl (C=O) groups excluding carboxylic acids is 2. The van der Waals surface area contributed by atoms with Crippen LogP contribution < -0.4 is 4.90 Å². The Morgan fingerprint density at radius 2 is 1.66 bits per heavy atom. The molecular formula is C27H29FN2O2. The highest BCUT2D eigenvalue weighted by Gasteiger charge is 2.15. The van der Waals surface area contributed by atoms with Gasteiger partial charge < -0.3 is 4.90 Å². The van der Waals surface area contributed by atoms with Crippen LogP contribution in [0.15, 0.2) is 48.5 Å². The molecule has 0 saturated heterocycles. The molecule has 0 radical (unpaired) electrons. The first-order valence-electron chi connectivity index (χ1n) is 10.8. The molecule has 0 atom stereocenters. The number of nitrogens with zero attached hydrogens (tertiary/aromatic N) is 2. The normalized spacial score (nSPS) is 10.8. The predicted octanol–water partition coefficient (Wildman–Crippen LogP) is 6.00. The minimum Gasteiger partial charge on any atom is -0.313 e. The standard InChI is InChI=1S/C27H29FN2O2/c1-6-27(32)30(5)25-13-10-22(16-24(25)28)21-9-12-23(17(2)15-21)26(31)14-11-20-8-7-18(3)29-19(20)4/h7-10,12-13,15-16H,6,11,14H2,1-5H3. The number of aromatic nitrogens is 1. The van der Waals surface area contributed by atoms with E-state index in [2.05, 4.69) is 4.98 Å². The SMILES string of the molecule is CCC(=O)N(C)c1ccc(-c2ccc(C(=O)CCc3ccc(C)nc3C)c(C)c2)cc1F. The number of benzene rings is 2. The molecule has 32 heavy (non-hydrogen) atoms. The smallest absolute Gasteiger partial charge is 0.226 e. The summed E-state index contributed by atoms with van der Waals surface area (Å²) >= 11 is 0. The quantitative estimate of drug-likeness (QED) is 0.430. The maximum atomic E-state index is 14.7. The van der Waals surface area contributed by atoms with Crippen molar-refractivity contribution in [2.24, 2.45) is 0 Å². The Bertz CT molecular complexity index is 1170. The minimum absolute atomic E-state index is 0.0789. The lowest BCUT2D eigenvalue weighted by atomic mass is 9.95. The number of pyridine rings is 1. The van der Waals surface area contributed by atoms with Gasteiger partial charge in [-0.2, -0.15) is 0 Å². The van der Waals surface area contributed by atoms with Crippen LogP contribution in [-0.4, -0.2) is 23.7 Å². The van der Waals surface area contributed by atoms with E-state index in [9.17, 15) is 14.0 Å². The van der Waals surface area contributed by atoms with Crippen LogP contribution in [0.3, 0.4) is 0 Å². The first-order chi connectivity index (χ1) is 15.2. The number of ketones is 1. The van der Waals surface area contributed by atoms with Gasteiger partial charge in [-0.05, 0) is 67.6 Å². The van der Waals surface area contributed by atoms with Crippen molar-refractivity contribution in [1.82, 2.24) is 4.98 Å². The first kappa shape index (κ1) is 23.3. The van der Waals surface area contributed by atoms with Crippen LogP contribution in [0.1, 0.15) is 52.6 Å². The van der Waals surface area contributed by atoms with Crippen LogP contribution >= 0.6 is 0 Å². The van der Waals surface area contributed by atoms with E-state index >= 15 is 0 Å². The maximum absolute atomic E-state index is 14.7. The van der Waals surface area contributed by atoms with E-state index in [1.54, 1.807) is 26.1 Å². The van der Waals surface area contributed by atoms with Crippen LogP contribution in [0.4, 0.5) is 10.1 Å². The molecule has 0 aliphatic rings. The topological polar surface area (TPSA) is 50.3 Å².